The van der Waals surface area contributed by atoms with Crippen molar-refractivity contribution in [2.24, 2.45) is 0 Å². The van der Waals surface area contributed by atoms with Gasteiger partial charge in [0.1, 0.15) is 0 Å². The number of hydrogen-bond acceptors (Lipinski definition) is 2. The van der Waals surface area contributed by atoms with E-state index in [1.54, 1.807) is 7.05 Å². The van der Waals surface area contributed by atoms with Crippen LogP contribution in [0.5, 0.6) is 0 Å². The zero-order valence-corrected chi connectivity index (χ0v) is 11.7. The minimum atomic E-state index is -0.0716. The maximum Gasteiger partial charge on any atom is 0.236 e. The lowest BCUT2D eigenvalue weighted by Crippen LogP contribution is -2.47. The van der Waals surface area contributed by atoms with Crippen LogP contribution in [0.1, 0.15) is 24.3 Å². The Balaban J connectivity index is 1.92. The van der Waals surface area contributed by atoms with Gasteiger partial charge in [0.2, 0.25) is 5.91 Å². The van der Waals surface area contributed by atoms with Gasteiger partial charge < -0.3 is 10.6 Å². The van der Waals surface area contributed by atoms with Gasteiger partial charge in [0, 0.05) is 7.05 Å². The molecular formula is C17H20N2O. The summed E-state index contributed by atoms with van der Waals surface area (Å²) in [6.07, 6.45) is 1.95. The summed E-state index contributed by atoms with van der Waals surface area (Å²) in [5.74, 6) is 0.541. The van der Waals surface area contributed by atoms with Crippen LogP contribution in [0.15, 0.2) is 42.5 Å². The quantitative estimate of drug-likeness (QED) is 0.878. The molecule has 1 aliphatic heterocycles. The molecule has 104 valence electrons. The Morgan fingerprint density at radius 2 is 2.00 bits per heavy atom. The second-order valence-electron chi connectivity index (χ2n) is 5.41. The van der Waals surface area contributed by atoms with Crippen LogP contribution in [0.2, 0.25) is 0 Å². The average molecular weight is 268 g/mol. The van der Waals surface area contributed by atoms with E-state index in [0.717, 1.165) is 19.4 Å². The van der Waals surface area contributed by atoms with Gasteiger partial charge in [0.15, 0.2) is 0 Å². The second-order valence-corrected chi connectivity index (χ2v) is 5.41. The summed E-state index contributed by atoms with van der Waals surface area (Å²) < 4.78 is 0. The van der Waals surface area contributed by atoms with Gasteiger partial charge in [-0.25, -0.2) is 0 Å². The third-order valence-corrected chi connectivity index (χ3v) is 4.23. The summed E-state index contributed by atoms with van der Waals surface area (Å²) in [6.45, 7) is 0.895. The topological polar surface area (TPSA) is 41.1 Å². The third-order valence-electron chi connectivity index (χ3n) is 4.23. The minimum absolute atomic E-state index is 0.0716. The van der Waals surface area contributed by atoms with Gasteiger partial charge in [-0.05, 0) is 41.6 Å². The van der Waals surface area contributed by atoms with Gasteiger partial charge in [0.05, 0.1) is 6.04 Å². The first-order valence-corrected chi connectivity index (χ1v) is 7.22. The van der Waals surface area contributed by atoms with E-state index in [2.05, 4.69) is 53.1 Å². The highest BCUT2D eigenvalue weighted by Crippen LogP contribution is 2.32. The van der Waals surface area contributed by atoms with Gasteiger partial charge >= 0.3 is 0 Å². The Morgan fingerprint density at radius 3 is 2.85 bits per heavy atom. The predicted molar refractivity (Wildman–Crippen MR) is 81.8 cm³/mol. The maximum absolute atomic E-state index is 11.8. The molecule has 1 heterocycles. The van der Waals surface area contributed by atoms with Crippen LogP contribution >= 0.6 is 0 Å². The van der Waals surface area contributed by atoms with Crippen molar-refractivity contribution >= 4 is 16.7 Å². The van der Waals surface area contributed by atoms with Crippen molar-refractivity contribution in [2.45, 2.75) is 24.8 Å². The summed E-state index contributed by atoms with van der Waals surface area (Å²) in [6, 6.07) is 14.9. The molecule has 20 heavy (non-hydrogen) atoms. The fourth-order valence-electron chi connectivity index (χ4n) is 3.18. The summed E-state index contributed by atoms with van der Waals surface area (Å²) in [7, 11) is 1.70. The number of hydrogen-bond donors (Lipinski definition) is 2. The first-order chi connectivity index (χ1) is 9.79. The maximum atomic E-state index is 11.8. The molecule has 1 saturated heterocycles. The summed E-state index contributed by atoms with van der Waals surface area (Å²) in [4.78, 5) is 11.8. The van der Waals surface area contributed by atoms with Crippen molar-refractivity contribution in [3.05, 3.63) is 48.0 Å². The van der Waals surface area contributed by atoms with E-state index in [4.69, 9.17) is 0 Å². The highest BCUT2D eigenvalue weighted by atomic mass is 16.2. The highest BCUT2D eigenvalue weighted by molar-refractivity contribution is 5.86. The van der Waals surface area contributed by atoms with Crippen LogP contribution in [0, 0.1) is 0 Å². The standard InChI is InChI=1S/C17H20N2O/c1-18-17(20)16-11-13(9-10-19-16)15-8-4-6-12-5-2-3-7-14(12)15/h2-8,13,16,19H,9-11H2,1H3,(H,18,20). The van der Waals surface area contributed by atoms with E-state index in [1.165, 1.54) is 16.3 Å². The summed E-state index contributed by atoms with van der Waals surface area (Å²) in [5, 5.41) is 8.64. The number of carbonyl (C=O) groups excluding carboxylic acids is 1. The SMILES string of the molecule is CNC(=O)C1CC(c2cccc3ccccc23)CCN1. The molecule has 0 radical (unpaired) electrons. The molecule has 3 rings (SSSR count). The average Bonchev–Trinajstić information content (AvgIpc) is 2.53. The third kappa shape index (κ3) is 2.41. The fourth-order valence-corrected chi connectivity index (χ4v) is 3.18. The van der Waals surface area contributed by atoms with E-state index in [9.17, 15) is 4.79 Å². The number of carbonyl (C=O) groups is 1. The van der Waals surface area contributed by atoms with E-state index in [0.29, 0.717) is 5.92 Å². The van der Waals surface area contributed by atoms with Gasteiger partial charge in [-0.3, -0.25) is 4.79 Å². The van der Waals surface area contributed by atoms with Gasteiger partial charge in [-0.15, -0.1) is 0 Å². The van der Waals surface area contributed by atoms with E-state index < -0.39 is 0 Å². The Bertz CT molecular complexity index is 618. The van der Waals surface area contributed by atoms with Crippen LogP contribution in [0.4, 0.5) is 0 Å². The molecule has 2 aromatic rings. The molecule has 0 bridgehead atoms. The van der Waals surface area contributed by atoms with E-state index in [-0.39, 0.29) is 11.9 Å². The lowest BCUT2D eigenvalue weighted by atomic mass is 9.84. The largest absolute Gasteiger partial charge is 0.358 e. The van der Waals surface area contributed by atoms with Crippen molar-refractivity contribution in [1.29, 1.82) is 0 Å². The number of rotatable bonds is 2. The Labute approximate surface area is 119 Å². The monoisotopic (exact) mass is 268 g/mol. The van der Waals surface area contributed by atoms with Crippen LogP contribution in [0.3, 0.4) is 0 Å². The molecule has 0 aromatic heterocycles. The van der Waals surface area contributed by atoms with Crippen LogP contribution < -0.4 is 10.6 Å². The number of benzene rings is 2. The number of likely N-dealkylation sites (N-methyl/N-ethyl adjacent to an activating group) is 1. The van der Waals surface area contributed by atoms with Crippen molar-refractivity contribution in [3.8, 4) is 0 Å². The lowest BCUT2D eigenvalue weighted by molar-refractivity contribution is -0.123. The molecule has 2 unspecified atom stereocenters. The lowest BCUT2D eigenvalue weighted by Gasteiger charge is -2.30. The Morgan fingerprint density at radius 1 is 1.20 bits per heavy atom. The van der Waals surface area contributed by atoms with Crippen molar-refractivity contribution in [1.82, 2.24) is 10.6 Å². The van der Waals surface area contributed by atoms with Crippen molar-refractivity contribution < 1.29 is 4.79 Å². The molecule has 3 heteroatoms. The molecule has 2 aromatic carbocycles. The van der Waals surface area contributed by atoms with Gasteiger partial charge in [-0.2, -0.15) is 0 Å². The van der Waals surface area contributed by atoms with E-state index in [1.807, 2.05) is 0 Å². The molecule has 1 aliphatic rings. The highest BCUT2D eigenvalue weighted by Gasteiger charge is 2.27. The van der Waals surface area contributed by atoms with Crippen LogP contribution in [-0.4, -0.2) is 25.5 Å². The molecule has 2 atom stereocenters. The first-order valence-electron chi connectivity index (χ1n) is 7.22. The molecule has 0 saturated carbocycles. The van der Waals surface area contributed by atoms with E-state index >= 15 is 0 Å². The Hall–Kier alpha value is -1.87. The smallest absolute Gasteiger partial charge is 0.236 e. The molecular weight excluding hydrogens is 248 g/mol. The van der Waals surface area contributed by atoms with Crippen LogP contribution in [-0.2, 0) is 4.79 Å². The van der Waals surface area contributed by atoms with Gasteiger partial charge in [0.25, 0.3) is 0 Å². The van der Waals surface area contributed by atoms with Gasteiger partial charge in [-0.1, -0.05) is 42.5 Å². The normalized spacial score (nSPS) is 22.6. The number of amides is 1. The van der Waals surface area contributed by atoms with Crippen molar-refractivity contribution in [3.63, 3.8) is 0 Å². The number of nitrogens with one attached hydrogen (secondary N) is 2. The number of fused-ring (bicyclic) bond motifs is 1. The molecule has 0 aliphatic carbocycles. The first kappa shape index (κ1) is 13.1. The molecule has 1 amide bonds. The molecule has 3 nitrogen and oxygen atoms in total. The summed E-state index contributed by atoms with van der Waals surface area (Å²) >= 11 is 0. The van der Waals surface area contributed by atoms with Crippen molar-refractivity contribution in [2.75, 3.05) is 13.6 Å². The molecule has 2 N–H and O–H groups in total. The van der Waals surface area contributed by atoms with Crippen LogP contribution in [0.25, 0.3) is 10.8 Å². The molecule has 0 spiro atoms. The predicted octanol–water partition coefficient (Wildman–Crippen LogP) is 2.42. The molecule has 1 fully saturated rings. The second kappa shape index (κ2) is 5.63. The zero-order valence-electron chi connectivity index (χ0n) is 11.7. The fraction of sp³-hybridized carbons (Fsp3) is 0.353. The Kier molecular flexibility index (Phi) is 3.70. The minimum Gasteiger partial charge on any atom is -0.358 e. The summed E-state index contributed by atoms with van der Waals surface area (Å²) in [5.41, 5.74) is 1.37. The number of piperidine rings is 1. The zero-order chi connectivity index (χ0) is 13.9.